The van der Waals surface area contributed by atoms with Gasteiger partial charge in [0.2, 0.25) is 0 Å². The second-order valence-corrected chi connectivity index (χ2v) is 5.48. The number of anilines is 1. The smallest absolute Gasteiger partial charge is 0.122 e. The van der Waals surface area contributed by atoms with Crippen molar-refractivity contribution in [1.82, 2.24) is 0 Å². The van der Waals surface area contributed by atoms with Crippen molar-refractivity contribution in [1.29, 1.82) is 0 Å². The van der Waals surface area contributed by atoms with E-state index in [1.54, 1.807) is 0 Å². The van der Waals surface area contributed by atoms with Gasteiger partial charge in [0.25, 0.3) is 0 Å². The highest BCUT2D eigenvalue weighted by molar-refractivity contribution is 5.46. The normalized spacial score (nSPS) is 10.8. The third-order valence-corrected chi connectivity index (χ3v) is 3.56. The van der Waals surface area contributed by atoms with Gasteiger partial charge in [-0.2, -0.15) is 0 Å². The predicted molar refractivity (Wildman–Crippen MR) is 85.3 cm³/mol. The van der Waals surface area contributed by atoms with Crippen molar-refractivity contribution >= 4 is 5.69 Å². The number of nitrogens with two attached hydrogens (primary N) is 1. The summed E-state index contributed by atoms with van der Waals surface area (Å²) in [5, 5.41) is 0. The summed E-state index contributed by atoms with van der Waals surface area (Å²) in [6.07, 6.45) is 0.831. The van der Waals surface area contributed by atoms with E-state index in [2.05, 4.69) is 45.0 Å². The van der Waals surface area contributed by atoms with Gasteiger partial charge in [-0.3, -0.25) is 0 Å². The van der Waals surface area contributed by atoms with Crippen LogP contribution in [-0.4, -0.2) is 6.61 Å². The van der Waals surface area contributed by atoms with E-state index in [0.29, 0.717) is 12.5 Å². The molecule has 2 aromatic carbocycles. The lowest BCUT2D eigenvalue weighted by Gasteiger charge is -2.13. The summed E-state index contributed by atoms with van der Waals surface area (Å²) in [4.78, 5) is 0. The monoisotopic (exact) mass is 269 g/mol. The molecule has 106 valence electrons. The highest BCUT2D eigenvalue weighted by Crippen LogP contribution is 2.24. The Morgan fingerprint density at radius 2 is 1.85 bits per heavy atom. The number of nitrogen functional groups attached to an aromatic ring is 1. The molecule has 0 unspecified atom stereocenters. The largest absolute Gasteiger partial charge is 0.493 e. The molecule has 0 radical (unpaired) electrons. The summed E-state index contributed by atoms with van der Waals surface area (Å²) in [6.45, 7) is 7.12. The average molecular weight is 269 g/mol. The van der Waals surface area contributed by atoms with Gasteiger partial charge in [-0.05, 0) is 41.7 Å². The lowest BCUT2D eigenvalue weighted by atomic mass is 10.0. The van der Waals surface area contributed by atoms with E-state index in [9.17, 15) is 0 Å². The molecule has 0 spiro atoms. The number of ether oxygens (including phenoxy) is 1. The van der Waals surface area contributed by atoms with Gasteiger partial charge in [0.05, 0.1) is 6.61 Å². The molecule has 2 N–H and O–H groups in total. The molecule has 0 saturated heterocycles. The maximum absolute atomic E-state index is 5.94. The Morgan fingerprint density at radius 1 is 1.10 bits per heavy atom. The van der Waals surface area contributed by atoms with Gasteiger partial charge < -0.3 is 10.5 Å². The van der Waals surface area contributed by atoms with Gasteiger partial charge in [-0.15, -0.1) is 0 Å². The third-order valence-electron chi connectivity index (χ3n) is 3.56. The van der Waals surface area contributed by atoms with Gasteiger partial charge in [0.15, 0.2) is 0 Å². The number of rotatable bonds is 5. The van der Waals surface area contributed by atoms with Gasteiger partial charge in [-0.1, -0.05) is 44.2 Å². The van der Waals surface area contributed by atoms with E-state index in [-0.39, 0.29) is 0 Å². The summed E-state index contributed by atoms with van der Waals surface area (Å²) in [6, 6.07) is 14.4. The molecule has 0 aliphatic carbocycles. The number of para-hydroxylation sites is 1. The first-order valence-corrected chi connectivity index (χ1v) is 7.14. The Balaban J connectivity index is 2.01. The van der Waals surface area contributed by atoms with Crippen LogP contribution < -0.4 is 10.5 Å². The van der Waals surface area contributed by atoms with E-state index < -0.39 is 0 Å². The van der Waals surface area contributed by atoms with Gasteiger partial charge in [0.1, 0.15) is 5.75 Å². The number of hydrogen-bond donors (Lipinski definition) is 1. The topological polar surface area (TPSA) is 35.2 Å². The van der Waals surface area contributed by atoms with Crippen LogP contribution in [0, 0.1) is 6.92 Å². The maximum Gasteiger partial charge on any atom is 0.122 e. The SMILES string of the molecule is Cc1ccc(C(C)C)cc1OCCc1ccccc1N. The summed E-state index contributed by atoms with van der Waals surface area (Å²) >= 11 is 0. The molecule has 20 heavy (non-hydrogen) atoms. The summed E-state index contributed by atoms with van der Waals surface area (Å²) < 4.78 is 5.93. The molecule has 0 fully saturated rings. The van der Waals surface area contributed by atoms with Crippen LogP contribution in [0.4, 0.5) is 5.69 Å². The van der Waals surface area contributed by atoms with Crippen molar-refractivity contribution in [3.8, 4) is 5.75 Å². The zero-order valence-electron chi connectivity index (χ0n) is 12.5. The second-order valence-electron chi connectivity index (χ2n) is 5.48. The molecule has 0 bridgehead atoms. The molecule has 2 aromatic rings. The first kappa shape index (κ1) is 14.4. The Hall–Kier alpha value is -1.96. The molecule has 0 saturated carbocycles. The standard InChI is InChI=1S/C18H23NO/c1-13(2)16-9-8-14(3)18(12-16)20-11-10-15-6-4-5-7-17(15)19/h4-9,12-13H,10-11,19H2,1-3H3. The number of aryl methyl sites for hydroxylation is 1. The lowest BCUT2D eigenvalue weighted by Crippen LogP contribution is -2.05. The number of benzene rings is 2. The van der Waals surface area contributed by atoms with E-state index in [1.807, 2.05) is 18.2 Å². The highest BCUT2D eigenvalue weighted by atomic mass is 16.5. The van der Waals surface area contributed by atoms with Gasteiger partial charge in [0, 0.05) is 12.1 Å². The summed E-state index contributed by atoms with van der Waals surface area (Å²) in [7, 11) is 0. The van der Waals surface area contributed by atoms with E-state index in [4.69, 9.17) is 10.5 Å². The zero-order chi connectivity index (χ0) is 14.5. The van der Waals surface area contributed by atoms with Crippen molar-refractivity contribution in [2.45, 2.75) is 33.1 Å². The fourth-order valence-electron chi connectivity index (χ4n) is 2.16. The Morgan fingerprint density at radius 3 is 2.55 bits per heavy atom. The Bertz CT molecular complexity index is 575. The van der Waals surface area contributed by atoms with E-state index in [0.717, 1.165) is 23.4 Å². The molecule has 0 heterocycles. The first-order valence-electron chi connectivity index (χ1n) is 7.14. The number of hydrogen-bond acceptors (Lipinski definition) is 2. The van der Waals surface area contributed by atoms with Crippen molar-refractivity contribution in [2.75, 3.05) is 12.3 Å². The van der Waals surface area contributed by atoms with Crippen LogP contribution in [0.15, 0.2) is 42.5 Å². The van der Waals surface area contributed by atoms with Crippen molar-refractivity contribution in [3.05, 3.63) is 59.2 Å². The minimum absolute atomic E-state index is 0.516. The highest BCUT2D eigenvalue weighted by Gasteiger charge is 2.05. The van der Waals surface area contributed by atoms with Crippen LogP contribution >= 0.6 is 0 Å². The van der Waals surface area contributed by atoms with Crippen LogP contribution in [0.1, 0.15) is 36.5 Å². The van der Waals surface area contributed by atoms with E-state index in [1.165, 1.54) is 11.1 Å². The van der Waals surface area contributed by atoms with Crippen molar-refractivity contribution in [2.24, 2.45) is 0 Å². The molecule has 2 nitrogen and oxygen atoms in total. The summed E-state index contributed by atoms with van der Waals surface area (Å²) in [5.41, 5.74) is 10.4. The van der Waals surface area contributed by atoms with Crippen LogP contribution in [-0.2, 0) is 6.42 Å². The molecule has 0 atom stereocenters. The molecule has 2 rings (SSSR count). The lowest BCUT2D eigenvalue weighted by molar-refractivity contribution is 0.319. The molecule has 0 amide bonds. The van der Waals surface area contributed by atoms with Crippen molar-refractivity contribution < 1.29 is 4.74 Å². The molecule has 0 aromatic heterocycles. The van der Waals surface area contributed by atoms with Gasteiger partial charge in [-0.25, -0.2) is 0 Å². The van der Waals surface area contributed by atoms with Crippen LogP contribution in [0.5, 0.6) is 5.75 Å². The minimum Gasteiger partial charge on any atom is -0.493 e. The Kier molecular flexibility index (Phi) is 4.67. The van der Waals surface area contributed by atoms with E-state index >= 15 is 0 Å². The van der Waals surface area contributed by atoms with Crippen LogP contribution in [0.25, 0.3) is 0 Å². The first-order chi connectivity index (χ1) is 9.58. The molecule has 2 heteroatoms. The van der Waals surface area contributed by atoms with Gasteiger partial charge >= 0.3 is 0 Å². The third kappa shape index (κ3) is 3.53. The molecule has 0 aliphatic rings. The fraction of sp³-hybridized carbons (Fsp3) is 0.333. The predicted octanol–water partition coefficient (Wildman–Crippen LogP) is 4.32. The zero-order valence-corrected chi connectivity index (χ0v) is 12.5. The fourth-order valence-corrected chi connectivity index (χ4v) is 2.16. The van der Waals surface area contributed by atoms with Crippen molar-refractivity contribution in [3.63, 3.8) is 0 Å². The average Bonchev–Trinajstić information content (AvgIpc) is 2.42. The second kappa shape index (κ2) is 6.47. The van der Waals surface area contributed by atoms with Crippen LogP contribution in [0.3, 0.4) is 0 Å². The van der Waals surface area contributed by atoms with Crippen LogP contribution in [0.2, 0.25) is 0 Å². The Labute approximate surface area is 121 Å². The maximum atomic E-state index is 5.94. The quantitative estimate of drug-likeness (QED) is 0.820. The summed E-state index contributed by atoms with van der Waals surface area (Å²) in [5.74, 6) is 1.49. The molecular weight excluding hydrogens is 246 g/mol. The molecule has 0 aliphatic heterocycles. The minimum atomic E-state index is 0.516. The molecular formula is C18H23NO.